The van der Waals surface area contributed by atoms with E-state index < -0.39 is 17.6 Å². The van der Waals surface area contributed by atoms with Gasteiger partial charge in [0.1, 0.15) is 5.82 Å². The largest absolute Gasteiger partial charge is 0.326 e. The van der Waals surface area contributed by atoms with Gasteiger partial charge in [-0.2, -0.15) is 0 Å². The second-order valence-electron chi connectivity index (χ2n) is 5.06. The molecule has 1 aliphatic rings. The van der Waals surface area contributed by atoms with Crippen LogP contribution in [0, 0.1) is 5.82 Å². The van der Waals surface area contributed by atoms with Gasteiger partial charge in [0, 0.05) is 12.1 Å². The molecule has 0 bridgehead atoms. The molecule has 2 aromatic carbocycles. The molecule has 0 atom stereocenters. The predicted molar refractivity (Wildman–Crippen MR) is 82.9 cm³/mol. The van der Waals surface area contributed by atoms with Crippen LogP contribution in [0.15, 0.2) is 42.5 Å². The third-order valence-electron chi connectivity index (χ3n) is 3.59. The van der Waals surface area contributed by atoms with Crippen LogP contribution in [0.4, 0.5) is 15.8 Å². The zero-order chi connectivity index (χ0) is 16.6. The molecule has 1 N–H and O–H groups in total. The highest BCUT2D eigenvalue weighted by molar-refractivity contribution is 6.34. The lowest BCUT2D eigenvalue weighted by molar-refractivity contribution is -0.115. The van der Waals surface area contributed by atoms with Gasteiger partial charge < -0.3 is 5.32 Å². The zero-order valence-electron chi connectivity index (χ0n) is 12.3. The van der Waals surface area contributed by atoms with Crippen LogP contribution < -0.4 is 10.2 Å². The van der Waals surface area contributed by atoms with Gasteiger partial charge in [-0.15, -0.1) is 0 Å². The maximum atomic E-state index is 14.2. The van der Waals surface area contributed by atoms with Crippen molar-refractivity contribution in [1.82, 2.24) is 0 Å². The number of carbonyl (C=O) groups is 3. The number of fused-ring (bicyclic) bond motifs is 1. The van der Waals surface area contributed by atoms with Crippen LogP contribution >= 0.6 is 0 Å². The normalized spacial score (nSPS) is 13.2. The summed E-state index contributed by atoms with van der Waals surface area (Å²) in [5.41, 5.74) is 0.620. The van der Waals surface area contributed by atoms with E-state index in [1.807, 2.05) is 0 Å². The SMILES string of the molecule is CCC(=O)Nc1ccc(F)c(N2C(=O)c3ccccc3C2=O)c1. The second-order valence-corrected chi connectivity index (χ2v) is 5.06. The molecule has 1 aliphatic heterocycles. The Morgan fingerprint density at radius 3 is 2.26 bits per heavy atom. The summed E-state index contributed by atoms with van der Waals surface area (Å²) >= 11 is 0. The van der Waals surface area contributed by atoms with Gasteiger partial charge in [0.2, 0.25) is 5.91 Å². The Kier molecular flexibility index (Phi) is 3.65. The molecule has 2 aromatic rings. The van der Waals surface area contributed by atoms with Gasteiger partial charge in [-0.1, -0.05) is 19.1 Å². The van der Waals surface area contributed by atoms with Gasteiger partial charge in [0.15, 0.2) is 0 Å². The van der Waals surface area contributed by atoms with Crippen molar-refractivity contribution in [2.45, 2.75) is 13.3 Å². The van der Waals surface area contributed by atoms with E-state index in [9.17, 15) is 18.8 Å². The maximum Gasteiger partial charge on any atom is 0.266 e. The Labute approximate surface area is 131 Å². The van der Waals surface area contributed by atoms with Gasteiger partial charge in [-0.3, -0.25) is 14.4 Å². The van der Waals surface area contributed by atoms with Crippen LogP contribution in [0.1, 0.15) is 34.1 Å². The van der Waals surface area contributed by atoms with Crippen molar-refractivity contribution in [3.63, 3.8) is 0 Å². The highest BCUT2D eigenvalue weighted by Gasteiger charge is 2.37. The summed E-state index contributed by atoms with van der Waals surface area (Å²) in [6.45, 7) is 1.68. The molecular weight excluding hydrogens is 299 g/mol. The number of nitrogens with one attached hydrogen (secondary N) is 1. The number of anilines is 2. The highest BCUT2D eigenvalue weighted by Crippen LogP contribution is 2.31. The van der Waals surface area contributed by atoms with E-state index in [0.29, 0.717) is 5.69 Å². The number of amides is 3. The lowest BCUT2D eigenvalue weighted by Crippen LogP contribution is -2.30. The number of nitrogens with zero attached hydrogens (tertiary/aromatic N) is 1. The average Bonchev–Trinajstić information content (AvgIpc) is 2.81. The molecule has 1 heterocycles. The van der Waals surface area contributed by atoms with Crippen molar-refractivity contribution in [3.8, 4) is 0 Å². The van der Waals surface area contributed by atoms with E-state index in [4.69, 9.17) is 0 Å². The maximum absolute atomic E-state index is 14.2. The first kappa shape index (κ1) is 14.9. The molecule has 5 nitrogen and oxygen atoms in total. The van der Waals surface area contributed by atoms with Gasteiger partial charge in [-0.25, -0.2) is 9.29 Å². The molecule has 23 heavy (non-hydrogen) atoms. The number of rotatable bonds is 3. The van der Waals surface area contributed by atoms with E-state index in [1.54, 1.807) is 19.1 Å². The molecule has 0 saturated heterocycles. The molecular formula is C17H13FN2O3. The number of benzene rings is 2. The van der Waals surface area contributed by atoms with Crippen LogP contribution in [0.2, 0.25) is 0 Å². The number of halogens is 1. The molecule has 0 aromatic heterocycles. The number of hydrogen-bond acceptors (Lipinski definition) is 3. The van der Waals surface area contributed by atoms with Crippen molar-refractivity contribution < 1.29 is 18.8 Å². The topological polar surface area (TPSA) is 66.5 Å². The number of hydrogen-bond donors (Lipinski definition) is 1. The van der Waals surface area contributed by atoms with Crippen LogP contribution in [-0.4, -0.2) is 17.7 Å². The standard InChI is InChI=1S/C17H13FN2O3/c1-2-15(21)19-10-7-8-13(18)14(9-10)20-16(22)11-5-3-4-6-12(11)17(20)23/h3-9H,2H2,1H3,(H,19,21). The molecule has 0 unspecified atom stereocenters. The first-order valence-electron chi connectivity index (χ1n) is 7.10. The second kappa shape index (κ2) is 5.64. The van der Waals surface area contributed by atoms with Gasteiger partial charge in [0.05, 0.1) is 16.8 Å². The Balaban J connectivity index is 2.03. The summed E-state index contributed by atoms with van der Waals surface area (Å²) in [7, 11) is 0. The lowest BCUT2D eigenvalue weighted by Gasteiger charge is -2.16. The predicted octanol–water partition coefficient (Wildman–Crippen LogP) is 2.97. The molecule has 0 fully saturated rings. The van der Waals surface area contributed by atoms with Gasteiger partial charge >= 0.3 is 0 Å². The molecule has 116 valence electrons. The smallest absolute Gasteiger partial charge is 0.266 e. The van der Waals surface area contributed by atoms with E-state index in [1.165, 1.54) is 24.3 Å². The number of imide groups is 1. The van der Waals surface area contributed by atoms with Gasteiger partial charge in [-0.05, 0) is 30.3 Å². The molecule has 3 amide bonds. The van der Waals surface area contributed by atoms with E-state index >= 15 is 0 Å². The van der Waals surface area contributed by atoms with Crippen molar-refractivity contribution in [2.24, 2.45) is 0 Å². The van der Waals surface area contributed by atoms with Crippen molar-refractivity contribution >= 4 is 29.1 Å². The van der Waals surface area contributed by atoms with Crippen LogP contribution in [0.3, 0.4) is 0 Å². The Hall–Kier alpha value is -3.02. The Morgan fingerprint density at radius 1 is 1.09 bits per heavy atom. The molecule has 0 radical (unpaired) electrons. The monoisotopic (exact) mass is 312 g/mol. The quantitative estimate of drug-likeness (QED) is 0.886. The minimum Gasteiger partial charge on any atom is -0.326 e. The first-order chi connectivity index (χ1) is 11.0. The van der Waals surface area contributed by atoms with Crippen molar-refractivity contribution in [3.05, 3.63) is 59.4 Å². The Morgan fingerprint density at radius 2 is 1.70 bits per heavy atom. The number of carbonyl (C=O) groups excluding carboxylic acids is 3. The minimum absolute atomic E-state index is 0.176. The van der Waals surface area contributed by atoms with Crippen molar-refractivity contribution in [1.29, 1.82) is 0 Å². The minimum atomic E-state index is -0.714. The molecule has 0 spiro atoms. The molecule has 6 heteroatoms. The summed E-state index contributed by atoms with van der Waals surface area (Å²) < 4.78 is 14.2. The van der Waals surface area contributed by atoms with Crippen molar-refractivity contribution in [2.75, 3.05) is 10.2 Å². The summed E-state index contributed by atoms with van der Waals surface area (Å²) in [6.07, 6.45) is 0.264. The summed E-state index contributed by atoms with van der Waals surface area (Å²) in [6, 6.07) is 10.1. The molecule has 3 rings (SSSR count). The van der Waals surface area contributed by atoms with E-state index in [-0.39, 0.29) is 29.1 Å². The Bertz CT molecular complexity index is 797. The third kappa shape index (κ3) is 2.48. The molecule has 0 saturated carbocycles. The van der Waals surface area contributed by atoms with Gasteiger partial charge in [0.25, 0.3) is 11.8 Å². The van der Waals surface area contributed by atoms with E-state index in [2.05, 4.69) is 5.32 Å². The molecule has 0 aliphatic carbocycles. The zero-order valence-corrected chi connectivity index (χ0v) is 12.3. The highest BCUT2D eigenvalue weighted by atomic mass is 19.1. The lowest BCUT2D eigenvalue weighted by atomic mass is 10.1. The fourth-order valence-electron chi connectivity index (χ4n) is 2.42. The summed E-state index contributed by atoms with van der Waals surface area (Å²) in [5, 5.41) is 2.58. The van der Waals surface area contributed by atoms with Crippen LogP contribution in [0.5, 0.6) is 0 Å². The summed E-state index contributed by atoms with van der Waals surface area (Å²) in [4.78, 5) is 37.0. The fourth-order valence-corrected chi connectivity index (χ4v) is 2.42. The van der Waals surface area contributed by atoms with Crippen LogP contribution in [-0.2, 0) is 4.79 Å². The first-order valence-corrected chi connectivity index (χ1v) is 7.10. The third-order valence-corrected chi connectivity index (χ3v) is 3.59. The summed E-state index contributed by atoms with van der Waals surface area (Å²) in [5.74, 6) is -2.12. The fraction of sp³-hybridized carbons (Fsp3) is 0.118. The van der Waals surface area contributed by atoms with Crippen LogP contribution in [0.25, 0.3) is 0 Å². The van der Waals surface area contributed by atoms with E-state index in [0.717, 1.165) is 11.0 Å². The average molecular weight is 312 g/mol.